The van der Waals surface area contributed by atoms with E-state index >= 15 is 0 Å². The van der Waals surface area contributed by atoms with Gasteiger partial charge in [0.15, 0.2) is 11.5 Å². The van der Waals surface area contributed by atoms with Gasteiger partial charge in [0.2, 0.25) is 0 Å². The number of aromatic nitrogens is 2. The molecule has 0 bridgehead atoms. The van der Waals surface area contributed by atoms with E-state index in [1.165, 1.54) is 0 Å². The molecule has 7 nitrogen and oxygen atoms in total. The SMILES string of the molecule is Cc1c(C(=O)N2CCCn3nc(C(=O)Nc4ccccc4)cc3C2)oc2ccccc12. The number of hydrogen-bond acceptors (Lipinski definition) is 4. The van der Waals surface area contributed by atoms with Gasteiger partial charge >= 0.3 is 0 Å². The number of amides is 2. The third-order valence-electron chi connectivity index (χ3n) is 5.60. The molecule has 0 aliphatic carbocycles. The van der Waals surface area contributed by atoms with Crippen molar-refractivity contribution in [3.8, 4) is 0 Å². The van der Waals surface area contributed by atoms with Gasteiger partial charge in [0.25, 0.3) is 11.8 Å². The maximum Gasteiger partial charge on any atom is 0.290 e. The lowest BCUT2D eigenvalue weighted by Crippen LogP contribution is -2.30. The molecule has 1 aliphatic rings. The predicted octanol–water partition coefficient (Wildman–Crippen LogP) is 4.24. The highest BCUT2D eigenvalue weighted by Gasteiger charge is 2.27. The largest absolute Gasteiger partial charge is 0.451 e. The molecule has 2 aromatic carbocycles. The van der Waals surface area contributed by atoms with Crippen molar-refractivity contribution in [1.29, 1.82) is 0 Å². The van der Waals surface area contributed by atoms with Crippen LogP contribution in [0, 0.1) is 6.92 Å². The van der Waals surface area contributed by atoms with Crippen LogP contribution in [0.1, 0.15) is 38.7 Å². The lowest BCUT2D eigenvalue weighted by atomic mass is 10.1. The van der Waals surface area contributed by atoms with Gasteiger partial charge in [-0.05, 0) is 37.6 Å². The van der Waals surface area contributed by atoms with Crippen molar-refractivity contribution < 1.29 is 14.0 Å². The number of aryl methyl sites for hydroxylation is 2. The third-order valence-corrected chi connectivity index (χ3v) is 5.60. The molecule has 1 aliphatic heterocycles. The van der Waals surface area contributed by atoms with Crippen molar-refractivity contribution in [2.45, 2.75) is 26.4 Å². The van der Waals surface area contributed by atoms with Gasteiger partial charge in [-0.1, -0.05) is 36.4 Å². The molecule has 0 radical (unpaired) electrons. The van der Waals surface area contributed by atoms with Crippen molar-refractivity contribution >= 4 is 28.5 Å². The van der Waals surface area contributed by atoms with Crippen LogP contribution in [0.4, 0.5) is 5.69 Å². The Kier molecular flexibility index (Phi) is 4.78. The molecular formula is C24H22N4O3. The van der Waals surface area contributed by atoms with Crippen LogP contribution in [0.3, 0.4) is 0 Å². The highest BCUT2D eigenvalue weighted by atomic mass is 16.3. The molecule has 2 aromatic heterocycles. The van der Waals surface area contributed by atoms with E-state index in [1.54, 1.807) is 11.0 Å². The summed E-state index contributed by atoms with van der Waals surface area (Å²) < 4.78 is 7.69. The molecule has 0 saturated carbocycles. The van der Waals surface area contributed by atoms with Crippen LogP contribution < -0.4 is 5.32 Å². The number of nitrogens with one attached hydrogen (secondary N) is 1. The van der Waals surface area contributed by atoms with Crippen LogP contribution in [0.2, 0.25) is 0 Å². The van der Waals surface area contributed by atoms with Gasteiger partial charge in [0, 0.05) is 29.7 Å². The molecule has 0 unspecified atom stereocenters. The number of rotatable bonds is 3. The number of carbonyl (C=O) groups excluding carboxylic acids is 2. The second-order valence-electron chi connectivity index (χ2n) is 7.70. The van der Waals surface area contributed by atoms with Crippen molar-refractivity contribution in [2.75, 3.05) is 11.9 Å². The summed E-state index contributed by atoms with van der Waals surface area (Å²) in [6.45, 7) is 3.54. The van der Waals surface area contributed by atoms with Gasteiger partial charge in [0.05, 0.1) is 12.2 Å². The van der Waals surface area contributed by atoms with Crippen LogP contribution in [-0.2, 0) is 13.1 Å². The summed E-state index contributed by atoms with van der Waals surface area (Å²) in [4.78, 5) is 27.6. The molecular weight excluding hydrogens is 392 g/mol. The van der Waals surface area contributed by atoms with Crippen LogP contribution in [0.25, 0.3) is 11.0 Å². The van der Waals surface area contributed by atoms with E-state index in [0.29, 0.717) is 42.4 Å². The van der Waals surface area contributed by atoms with Crippen LogP contribution in [0.5, 0.6) is 0 Å². The number of benzene rings is 2. The Morgan fingerprint density at radius 2 is 1.81 bits per heavy atom. The van der Waals surface area contributed by atoms with Crippen LogP contribution in [0.15, 0.2) is 65.1 Å². The number of hydrogen-bond donors (Lipinski definition) is 1. The van der Waals surface area contributed by atoms with Crippen LogP contribution in [-0.4, -0.2) is 33.0 Å². The Morgan fingerprint density at radius 1 is 1.03 bits per heavy atom. The molecule has 0 spiro atoms. The average molecular weight is 414 g/mol. The van der Waals surface area contributed by atoms with Gasteiger partial charge in [-0.2, -0.15) is 5.10 Å². The molecule has 0 fully saturated rings. The minimum absolute atomic E-state index is 0.140. The second kappa shape index (κ2) is 7.75. The summed E-state index contributed by atoms with van der Waals surface area (Å²) in [6, 6.07) is 18.7. The summed E-state index contributed by atoms with van der Waals surface area (Å²) in [5.74, 6) is -0.0346. The number of anilines is 1. The fraction of sp³-hybridized carbons (Fsp3) is 0.208. The monoisotopic (exact) mass is 414 g/mol. The van der Waals surface area contributed by atoms with E-state index in [2.05, 4.69) is 10.4 Å². The zero-order valence-corrected chi connectivity index (χ0v) is 17.2. The smallest absolute Gasteiger partial charge is 0.290 e. The van der Waals surface area contributed by atoms with Crippen molar-refractivity contribution in [3.63, 3.8) is 0 Å². The van der Waals surface area contributed by atoms with Crippen molar-refractivity contribution in [2.24, 2.45) is 0 Å². The highest BCUT2D eigenvalue weighted by molar-refractivity contribution is 6.03. The lowest BCUT2D eigenvalue weighted by Gasteiger charge is -2.19. The molecule has 0 atom stereocenters. The number of furan rings is 1. The van der Waals surface area contributed by atoms with Gasteiger partial charge < -0.3 is 14.6 Å². The Balaban J connectivity index is 1.38. The van der Waals surface area contributed by atoms with E-state index in [0.717, 1.165) is 23.1 Å². The summed E-state index contributed by atoms with van der Waals surface area (Å²) in [5, 5.41) is 8.27. The topological polar surface area (TPSA) is 80.4 Å². The summed E-state index contributed by atoms with van der Waals surface area (Å²) in [7, 11) is 0. The maximum atomic E-state index is 13.3. The Hall–Kier alpha value is -3.87. The summed E-state index contributed by atoms with van der Waals surface area (Å²) in [6.07, 6.45) is 0.749. The number of fused-ring (bicyclic) bond motifs is 2. The van der Waals surface area contributed by atoms with E-state index in [4.69, 9.17) is 4.42 Å². The number of para-hydroxylation sites is 2. The quantitative estimate of drug-likeness (QED) is 0.544. The van der Waals surface area contributed by atoms with E-state index in [-0.39, 0.29) is 11.8 Å². The minimum atomic E-state index is -0.266. The van der Waals surface area contributed by atoms with Crippen molar-refractivity contribution in [1.82, 2.24) is 14.7 Å². The molecule has 31 heavy (non-hydrogen) atoms. The number of nitrogens with zero attached hydrogens (tertiary/aromatic N) is 3. The Morgan fingerprint density at radius 3 is 2.61 bits per heavy atom. The summed E-state index contributed by atoms with van der Waals surface area (Å²) in [5.41, 5.74) is 3.45. The first kappa shape index (κ1) is 19.1. The van der Waals surface area contributed by atoms with E-state index < -0.39 is 0 Å². The zero-order chi connectivity index (χ0) is 21.4. The van der Waals surface area contributed by atoms with Gasteiger partial charge in [-0.3, -0.25) is 14.3 Å². The molecule has 5 rings (SSSR count). The van der Waals surface area contributed by atoms with E-state index in [1.807, 2.05) is 66.2 Å². The normalized spacial score (nSPS) is 13.6. The summed E-state index contributed by atoms with van der Waals surface area (Å²) >= 11 is 0. The lowest BCUT2D eigenvalue weighted by molar-refractivity contribution is 0.0715. The average Bonchev–Trinajstić information content (AvgIpc) is 3.28. The Labute approximate surface area is 179 Å². The Bertz CT molecular complexity index is 1270. The van der Waals surface area contributed by atoms with Crippen molar-refractivity contribution in [3.05, 3.63) is 83.4 Å². The number of carbonyl (C=O) groups is 2. The molecule has 0 saturated heterocycles. The van der Waals surface area contributed by atoms with Gasteiger partial charge in [0.1, 0.15) is 5.58 Å². The zero-order valence-electron chi connectivity index (χ0n) is 17.2. The second-order valence-corrected chi connectivity index (χ2v) is 7.70. The predicted molar refractivity (Wildman–Crippen MR) is 117 cm³/mol. The minimum Gasteiger partial charge on any atom is -0.451 e. The maximum absolute atomic E-state index is 13.3. The van der Waals surface area contributed by atoms with E-state index in [9.17, 15) is 9.59 Å². The molecule has 3 heterocycles. The first-order valence-corrected chi connectivity index (χ1v) is 10.3. The highest BCUT2D eigenvalue weighted by Crippen LogP contribution is 2.27. The molecule has 156 valence electrons. The fourth-order valence-electron chi connectivity index (χ4n) is 3.99. The molecule has 7 heteroatoms. The van der Waals surface area contributed by atoms with Gasteiger partial charge in [-0.15, -0.1) is 0 Å². The first-order valence-electron chi connectivity index (χ1n) is 10.3. The van der Waals surface area contributed by atoms with Crippen LogP contribution >= 0.6 is 0 Å². The molecule has 2 amide bonds. The molecule has 1 N–H and O–H groups in total. The first-order chi connectivity index (χ1) is 15.1. The fourth-order valence-corrected chi connectivity index (χ4v) is 3.99. The third kappa shape index (κ3) is 3.59. The van der Waals surface area contributed by atoms with Gasteiger partial charge in [-0.25, -0.2) is 0 Å². The molecule has 4 aromatic rings. The standard InChI is InChI=1S/C24H22N4O3/c1-16-19-10-5-6-11-21(19)31-22(16)24(30)27-12-7-13-28-18(15-27)14-20(26-28)23(29)25-17-8-3-2-4-9-17/h2-6,8-11,14H,7,12-13,15H2,1H3,(H,25,29).